The molecule has 0 aliphatic heterocycles. The summed E-state index contributed by atoms with van der Waals surface area (Å²) in [4.78, 5) is 27.7. The van der Waals surface area contributed by atoms with E-state index in [9.17, 15) is 9.59 Å². The van der Waals surface area contributed by atoms with Gasteiger partial charge >= 0.3 is 5.97 Å². The van der Waals surface area contributed by atoms with E-state index in [1.54, 1.807) is 11.5 Å². The Balaban J connectivity index is 2.12. The Hall–Kier alpha value is -3.23. The van der Waals surface area contributed by atoms with Crippen LogP contribution in [0.2, 0.25) is 0 Å². The second-order valence-corrected chi connectivity index (χ2v) is 4.96. The van der Waals surface area contributed by atoms with Crippen LogP contribution in [0.3, 0.4) is 0 Å². The van der Waals surface area contributed by atoms with E-state index in [1.165, 1.54) is 6.92 Å². The van der Waals surface area contributed by atoms with E-state index in [1.807, 2.05) is 24.3 Å². The lowest BCUT2D eigenvalue weighted by molar-refractivity contribution is -0.143. The minimum atomic E-state index is -0.403. The third-order valence-electron chi connectivity index (χ3n) is 3.24. The highest BCUT2D eigenvalue weighted by molar-refractivity contribution is 5.92. The zero-order valence-corrected chi connectivity index (χ0v) is 13.1. The van der Waals surface area contributed by atoms with Gasteiger partial charge in [-0.3, -0.25) is 9.59 Å². The average Bonchev–Trinajstić information content (AvgIpc) is 3.12. The molecule has 124 valence electrons. The second kappa shape index (κ2) is 6.49. The van der Waals surface area contributed by atoms with Crippen molar-refractivity contribution in [1.29, 1.82) is 0 Å². The van der Waals surface area contributed by atoms with E-state index in [0.717, 1.165) is 5.52 Å². The number of carbonyl (C=O) groups is 2. The molecular weight excluding hydrogens is 314 g/mol. The van der Waals surface area contributed by atoms with Gasteiger partial charge in [-0.05, 0) is 29.4 Å². The molecule has 2 heterocycles. The molecule has 0 aliphatic carbocycles. The maximum absolute atomic E-state index is 11.9. The maximum Gasteiger partial charge on any atom is 0.326 e. The van der Waals surface area contributed by atoms with Crippen LogP contribution in [0, 0.1) is 0 Å². The van der Waals surface area contributed by atoms with Gasteiger partial charge in [0.1, 0.15) is 6.54 Å². The summed E-state index contributed by atoms with van der Waals surface area (Å²) in [5.74, 6) is -0.225. The lowest BCUT2D eigenvalue weighted by Gasteiger charge is -2.07. The number of amides is 1. The third kappa shape index (κ3) is 2.96. The number of rotatable bonds is 5. The number of hydrogen-bond acceptors (Lipinski definition) is 7. The number of nitrogens with one attached hydrogen (secondary N) is 1. The monoisotopic (exact) mass is 329 g/mol. The fourth-order valence-corrected chi connectivity index (χ4v) is 2.34. The summed E-state index contributed by atoms with van der Waals surface area (Å²) in [6.07, 6.45) is 0. The largest absolute Gasteiger partial charge is 0.465 e. The van der Waals surface area contributed by atoms with Gasteiger partial charge in [0.25, 0.3) is 0 Å². The summed E-state index contributed by atoms with van der Waals surface area (Å²) in [6.45, 7) is 3.32. The molecule has 0 saturated carbocycles. The summed E-state index contributed by atoms with van der Waals surface area (Å²) >= 11 is 0. The molecule has 2 aromatic heterocycles. The number of para-hydroxylation sites is 2. The number of benzene rings is 1. The summed E-state index contributed by atoms with van der Waals surface area (Å²) < 4.78 is 11.4. The van der Waals surface area contributed by atoms with Gasteiger partial charge in [-0.15, -0.1) is 0 Å². The Morgan fingerprint density at radius 1 is 1.29 bits per heavy atom. The van der Waals surface area contributed by atoms with Crippen LogP contribution in [-0.2, 0) is 20.9 Å². The third-order valence-corrected chi connectivity index (χ3v) is 3.24. The van der Waals surface area contributed by atoms with Crippen molar-refractivity contribution in [2.45, 2.75) is 20.4 Å². The maximum atomic E-state index is 11.9. The van der Waals surface area contributed by atoms with Crippen LogP contribution in [0.4, 0.5) is 5.82 Å². The van der Waals surface area contributed by atoms with Gasteiger partial charge in [-0.25, -0.2) is 9.61 Å². The fraction of sp³-hybridized carbons (Fsp3) is 0.267. The number of carbonyl (C=O) groups excluding carboxylic acids is 2. The van der Waals surface area contributed by atoms with Gasteiger partial charge in [-0.2, -0.15) is 0 Å². The second-order valence-electron chi connectivity index (χ2n) is 4.96. The predicted octanol–water partition coefficient (Wildman–Crippen LogP) is 1.61. The number of hydrogen-bond donors (Lipinski definition) is 1. The quantitative estimate of drug-likeness (QED) is 0.707. The first-order valence-corrected chi connectivity index (χ1v) is 7.31. The minimum absolute atomic E-state index is 0.0456. The van der Waals surface area contributed by atoms with Crippen molar-refractivity contribution in [1.82, 2.24) is 19.9 Å². The molecule has 3 rings (SSSR count). The lowest BCUT2D eigenvalue weighted by atomic mass is 10.3. The molecule has 1 aromatic carbocycles. The molecule has 0 unspecified atom stereocenters. The molecule has 0 atom stereocenters. The fourth-order valence-electron chi connectivity index (χ4n) is 2.34. The number of aromatic nitrogens is 4. The zero-order valence-electron chi connectivity index (χ0n) is 13.1. The van der Waals surface area contributed by atoms with Crippen LogP contribution >= 0.6 is 0 Å². The molecule has 0 spiro atoms. The van der Waals surface area contributed by atoms with Crippen LogP contribution in [-0.4, -0.2) is 38.3 Å². The number of esters is 1. The van der Waals surface area contributed by atoms with E-state index in [4.69, 9.17) is 9.37 Å². The highest BCUT2D eigenvalue weighted by atomic mass is 16.6. The van der Waals surface area contributed by atoms with Crippen LogP contribution in [0.5, 0.6) is 0 Å². The molecule has 0 fully saturated rings. The molecule has 0 bridgehead atoms. The first-order valence-electron chi connectivity index (χ1n) is 7.31. The number of fused-ring (bicyclic) bond motifs is 1. The van der Waals surface area contributed by atoms with Gasteiger partial charge in [0, 0.05) is 6.92 Å². The Bertz CT molecular complexity index is 898. The standard InChI is InChI=1S/C15H15N5O4/c1-3-23-12(22)8-20-11-7-5-4-6-10(11)17-15(20)13-14(16-9(2)21)19-24-18-13/h4-7H,3,8H2,1-2H3,(H,16,19,21). The number of ether oxygens (including phenoxy) is 1. The van der Waals surface area contributed by atoms with E-state index in [-0.39, 0.29) is 30.6 Å². The summed E-state index contributed by atoms with van der Waals surface area (Å²) in [7, 11) is 0. The van der Waals surface area contributed by atoms with Gasteiger partial charge in [0.2, 0.25) is 11.7 Å². The molecular formula is C15H15N5O4. The smallest absolute Gasteiger partial charge is 0.326 e. The Labute approximate surface area is 136 Å². The van der Waals surface area contributed by atoms with Crippen molar-refractivity contribution in [3.63, 3.8) is 0 Å². The van der Waals surface area contributed by atoms with Gasteiger partial charge in [0.15, 0.2) is 11.5 Å². The van der Waals surface area contributed by atoms with E-state index in [2.05, 4.69) is 20.6 Å². The van der Waals surface area contributed by atoms with Gasteiger partial charge in [0.05, 0.1) is 17.6 Å². The van der Waals surface area contributed by atoms with E-state index < -0.39 is 5.97 Å². The number of anilines is 1. The van der Waals surface area contributed by atoms with Crippen molar-refractivity contribution >= 4 is 28.7 Å². The molecule has 1 amide bonds. The van der Waals surface area contributed by atoms with Gasteiger partial charge in [-0.1, -0.05) is 12.1 Å². The van der Waals surface area contributed by atoms with Gasteiger partial charge < -0.3 is 14.6 Å². The summed E-state index contributed by atoms with van der Waals surface area (Å²) in [5.41, 5.74) is 1.65. The molecule has 24 heavy (non-hydrogen) atoms. The molecule has 0 radical (unpaired) electrons. The summed E-state index contributed by atoms with van der Waals surface area (Å²) in [5, 5.41) is 10.0. The normalized spacial score (nSPS) is 10.8. The van der Waals surface area contributed by atoms with Crippen LogP contribution in [0.25, 0.3) is 22.6 Å². The van der Waals surface area contributed by atoms with E-state index in [0.29, 0.717) is 11.3 Å². The van der Waals surface area contributed by atoms with Crippen LogP contribution in [0.1, 0.15) is 13.8 Å². The Morgan fingerprint density at radius 2 is 2.08 bits per heavy atom. The highest BCUT2D eigenvalue weighted by Gasteiger charge is 2.22. The van der Waals surface area contributed by atoms with Crippen molar-refractivity contribution < 1.29 is 19.0 Å². The van der Waals surface area contributed by atoms with Crippen molar-refractivity contribution in [3.8, 4) is 11.5 Å². The lowest BCUT2D eigenvalue weighted by Crippen LogP contribution is -2.15. The SMILES string of the molecule is CCOC(=O)Cn1c(-c2nonc2NC(C)=O)nc2ccccc21. The molecule has 1 N–H and O–H groups in total. The Kier molecular flexibility index (Phi) is 4.23. The molecule has 3 aromatic rings. The first kappa shape index (κ1) is 15.7. The number of imidazole rings is 1. The molecule has 9 nitrogen and oxygen atoms in total. The zero-order chi connectivity index (χ0) is 17.1. The van der Waals surface area contributed by atoms with Crippen molar-refractivity contribution in [3.05, 3.63) is 24.3 Å². The van der Waals surface area contributed by atoms with Crippen LogP contribution < -0.4 is 5.32 Å². The first-order chi connectivity index (χ1) is 11.6. The average molecular weight is 329 g/mol. The van der Waals surface area contributed by atoms with Crippen molar-refractivity contribution in [2.24, 2.45) is 0 Å². The number of nitrogens with zero attached hydrogens (tertiary/aromatic N) is 4. The highest BCUT2D eigenvalue weighted by Crippen LogP contribution is 2.28. The van der Waals surface area contributed by atoms with E-state index >= 15 is 0 Å². The Morgan fingerprint density at radius 3 is 2.83 bits per heavy atom. The topological polar surface area (TPSA) is 112 Å². The molecule has 0 aliphatic rings. The summed E-state index contributed by atoms with van der Waals surface area (Å²) in [6, 6.07) is 7.32. The molecule has 9 heteroatoms. The van der Waals surface area contributed by atoms with Crippen molar-refractivity contribution in [2.75, 3.05) is 11.9 Å². The van der Waals surface area contributed by atoms with Crippen LogP contribution in [0.15, 0.2) is 28.9 Å². The molecule has 0 saturated heterocycles. The minimum Gasteiger partial charge on any atom is -0.465 e. The predicted molar refractivity (Wildman–Crippen MR) is 84.0 cm³/mol.